The number of nitrogens with one attached hydrogen (secondary N) is 1. The van der Waals surface area contributed by atoms with Crippen LogP contribution in [0.4, 0.5) is 0 Å². The van der Waals surface area contributed by atoms with Crippen LogP contribution >= 0.6 is 0 Å². The number of carbonyl (C=O) groups excluding carboxylic acids is 1. The van der Waals surface area contributed by atoms with E-state index in [1.54, 1.807) is 14.0 Å². The summed E-state index contributed by atoms with van der Waals surface area (Å²) in [7, 11) is 1.68. The Morgan fingerprint density at radius 1 is 1.11 bits per heavy atom. The van der Waals surface area contributed by atoms with Crippen molar-refractivity contribution in [2.24, 2.45) is 5.92 Å². The van der Waals surface area contributed by atoms with Crippen molar-refractivity contribution in [3.8, 4) is 16.9 Å². The van der Waals surface area contributed by atoms with Gasteiger partial charge in [0.2, 0.25) is 5.91 Å². The Kier molecular flexibility index (Phi) is 5.17. The maximum atomic E-state index is 11.6. The van der Waals surface area contributed by atoms with Gasteiger partial charge >= 0.3 is 0 Å². The Labute approximate surface area is 160 Å². The van der Waals surface area contributed by atoms with Crippen LogP contribution in [-0.4, -0.2) is 25.2 Å². The number of carbonyl (C=O) groups is 1. The van der Waals surface area contributed by atoms with Crippen molar-refractivity contribution in [3.63, 3.8) is 0 Å². The molecule has 0 radical (unpaired) electrons. The van der Waals surface area contributed by atoms with Gasteiger partial charge in [-0.3, -0.25) is 4.79 Å². The van der Waals surface area contributed by atoms with Crippen LogP contribution in [0.5, 0.6) is 5.75 Å². The molecule has 1 aliphatic carbocycles. The normalized spacial score (nSPS) is 27.0. The smallest absolute Gasteiger partial charge is 0.217 e. The molecule has 142 valence electrons. The van der Waals surface area contributed by atoms with E-state index in [1.165, 1.54) is 12.0 Å². The van der Waals surface area contributed by atoms with E-state index in [9.17, 15) is 4.79 Å². The first-order valence-electron chi connectivity index (χ1n) is 9.81. The number of fused-ring (bicyclic) bond motifs is 1. The van der Waals surface area contributed by atoms with Gasteiger partial charge in [0.1, 0.15) is 5.75 Å². The van der Waals surface area contributed by atoms with Gasteiger partial charge in [-0.25, -0.2) is 0 Å². The summed E-state index contributed by atoms with van der Waals surface area (Å²) in [6.07, 6.45) is 4.59. The quantitative estimate of drug-likeness (QED) is 0.868. The van der Waals surface area contributed by atoms with Gasteiger partial charge in [-0.05, 0) is 48.1 Å². The molecule has 2 aromatic carbocycles. The summed E-state index contributed by atoms with van der Waals surface area (Å²) in [6.45, 7) is 1.61. The molecule has 4 heteroatoms. The van der Waals surface area contributed by atoms with E-state index in [0.29, 0.717) is 5.92 Å². The molecule has 4 nitrogen and oxygen atoms in total. The maximum Gasteiger partial charge on any atom is 0.217 e. The van der Waals surface area contributed by atoms with Crippen LogP contribution in [0.3, 0.4) is 0 Å². The molecule has 1 amide bonds. The van der Waals surface area contributed by atoms with Gasteiger partial charge < -0.3 is 14.8 Å². The van der Waals surface area contributed by atoms with Gasteiger partial charge in [-0.1, -0.05) is 42.8 Å². The van der Waals surface area contributed by atoms with E-state index in [4.69, 9.17) is 9.47 Å². The van der Waals surface area contributed by atoms with E-state index in [0.717, 1.165) is 36.1 Å². The summed E-state index contributed by atoms with van der Waals surface area (Å²) in [5, 5.41) is 3.17. The summed E-state index contributed by atoms with van der Waals surface area (Å²) in [6, 6.07) is 16.9. The van der Waals surface area contributed by atoms with Gasteiger partial charge in [-0.2, -0.15) is 0 Å². The molecule has 0 unspecified atom stereocenters. The largest absolute Gasteiger partial charge is 0.497 e. The Morgan fingerprint density at radius 3 is 2.67 bits per heavy atom. The molecule has 0 aromatic heterocycles. The van der Waals surface area contributed by atoms with Crippen molar-refractivity contribution in [1.82, 2.24) is 5.32 Å². The van der Waals surface area contributed by atoms with Crippen molar-refractivity contribution in [2.45, 2.75) is 50.9 Å². The molecule has 0 bridgehead atoms. The van der Waals surface area contributed by atoms with Gasteiger partial charge in [-0.15, -0.1) is 0 Å². The minimum absolute atomic E-state index is 0.0422. The highest BCUT2D eigenvalue weighted by Crippen LogP contribution is 2.42. The second-order valence-corrected chi connectivity index (χ2v) is 7.65. The molecule has 2 fully saturated rings. The fraction of sp³-hybridized carbons (Fsp3) is 0.435. The first-order chi connectivity index (χ1) is 13.1. The summed E-state index contributed by atoms with van der Waals surface area (Å²) in [4.78, 5) is 11.6. The van der Waals surface area contributed by atoms with E-state index >= 15 is 0 Å². The Bertz CT molecular complexity index is 802. The minimum atomic E-state index is 0.0422. The van der Waals surface area contributed by atoms with Gasteiger partial charge in [0.05, 0.1) is 19.3 Å². The van der Waals surface area contributed by atoms with Crippen molar-refractivity contribution < 1.29 is 14.3 Å². The number of hydrogen-bond donors (Lipinski definition) is 1. The molecular formula is C23H27NO3. The lowest BCUT2D eigenvalue weighted by Crippen LogP contribution is -2.47. The Balaban J connectivity index is 1.53. The second kappa shape index (κ2) is 7.73. The standard InChI is InChI=1S/C23H27NO3/c1-15(25)24-21-14-23(27-22-8-4-7-20(21)22)17-11-9-16(10-12-17)18-5-3-6-19(13-18)26-2/h3,5-6,9-13,20-23H,4,7-8,14H2,1-2H3,(H,24,25)/t20-,21+,22+,23+/m0/s1. The van der Waals surface area contributed by atoms with Crippen LogP contribution in [0.1, 0.15) is 44.3 Å². The van der Waals surface area contributed by atoms with Crippen LogP contribution in [0.15, 0.2) is 48.5 Å². The minimum Gasteiger partial charge on any atom is -0.497 e. The lowest BCUT2D eigenvalue weighted by atomic mass is 9.86. The third-order valence-corrected chi connectivity index (χ3v) is 5.90. The maximum absolute atomic E-state index is 11.6. The monoisotopic (exact) mass is 365 g/mol. The van der Waals surface area contributed by atoms with Crippen LogP contribution < -0.4 is 10.1 Å². The predicted molar refractivity (Wildman–Crippen MR) is 106 cm³/mol. The van der Waals surface area contributed by atoms with Crippen molar-refractivity contribution in [2.75, 3.05) is 7.11 Å². The molecule has 0 spiro atoms. The summed E-state index contributed by atoms with van der Waals surface area (Å²) < 4.78 is 11.7. The lowest BCUT2D eigenvalue weighted by molar-refractivity contribution is -0.124. The SMILES string of the molecule is COc1cccc(-c2ccc([C@H]3C[C@@H](NC(C)=O)[C@@H]4CCC[C@H]4O3)cc2)c1. The van der Waals surface area contributed by atoms with Gasteiger partial charge in [0.25, 0.3) is 0 Å². The van der Waals surface area contributed by atoms with E-state index < -0.39 is 0 Å². The van der Waals surface area contributed by atoms with E-state index in [1.807, 2.05) is 18.2 Å². The highest BCUT2D eigenvalue weighted by Gasteiger charge is 2.42. The van der Waals surface area contributed by atoms with Crippen molar-refractivity contribution in [1.29, 1.82) is 0 Å². The number of benzene rings is 2. The molecule has 1 N–H and O–H groups in total. The predicted octanol–water partition coefficient (Wildman–Crippen LogP) is 4.50. The highest BCUT2D eigenvalue weighted by molar-refractivity contribution is 5.73. The summed E-state index contributed by atoms with van der Waals surface area (Å²) in [5.74, 6) is 1.37. The van der Waals surface area contributed by atoms with Crippen molar-refractivity contribution in [3.05, 3.63) is 54.1 Å². The zero-order valence-electron chi connectivity index (χ0n) is 16.0. The molecule has 1 saturated heterocycles. The zero-order chi connectivity index (χ0) is 18.8. The topological polar surface area (TPSA) is 47.6 Å². The number of amides is 1. The summed E-state index contributed by atoms with van der Waals surface area (Å²) >= 11 is 0. The Hall–Kier alpha value is -2.33. The third kappa shape index (κ3) is 3.86. The number of rotatable bonds is 4. The molecule has 2 aromatic rings. The van der Waals surface area contributed by atoms with Crippen LogP contribution in [-0.2, 0) is 9.53 Å². The average Bonchev–Trinajstić information content (AvgIpc) is 3.17. The molecule has 27 heavy (non-hydrogen) atoms. The molecule has 1 aliphatic heterocycles. The second-order valence-electron chi connectivity index (χ2n) is 7.65. The Morgan fingerprint density at radius 2 is 1.93 bits per heavy atom. The average molecular weight is 365 g/mol. The number of ether oxygens (including phenoxy) is 2. The number of hydrogen-bond acceptors (Lipinski definition) is 3. The first-order valence-corrected chi connectivity index (χ1v) is 9.81. The van der Waals surface area contributed by atoms with Crippen molar-refractivity contribution >= 4 is 5.91 Å². The van der Waals surface area contributed by atoms with E-state index in [2.05, 4.69) is 35.6 Å². The lowest BCUT2D eigenvalue weighted by Gasteiger charge is -2.39. The van der Waals surface area contributed by atoms with Crippen LogP contribution in [0.25, 0.3) is 11.1 Å². The van der Waals surface area contributed by atoms with Gasteiger partial charge in [0, 0.05) is 18.9 Å². The third-order valence-electron chi connectivity index (χ3n) is 5.90. The van der Waals surface area contributed by atoms with E-state index in [-0.39, 0.29) is 24.2 Å². The molecule has 4 atom stereocenters. The van der Waals surface area contributed by atoms with Crippen LogP contribution in [0.2, 0.25) is 0 Å². The zero-order valence-corrected chi connectivity index (χ0v) is 16.0. The molecule has 4 rings (SSSR count). The number of methoxy groups -OCH3 is 1. The summed E-state index contributed by atoms with van der Waals surface area (Å²) in [5.41, 5.74) is 3.48. The fourth-order valence-corrected chi connectivity index (χ4v) is 4.59. The molecule has 2 aliphatic rings. The molecule has 1 heterocycles. The fourth-order valence-electron chi connectivity index (χ4n) is 4.59. The van der Waals surface area contributed by atoms with Gasteiger partial charge in [0.15, 0.2) is 0 Å². The molecule has 1 saturated carbocycles. The first kappa shape index (κ1) is 18.1. The van der Waals surface area contributed by atoms with Crippen LogP contribution in [0, 0.1) is 5.92 Å². The molecular weight excluding hydrogens is 338 g/mol. The highest BCUT2D eigenvalue weighted by atomic mass is 16.5.